The van der Waals surface area contributed by atoms with E-state index < -0.39 is 5.54 Å². The Hall–Kier alpha value is -3.07. The number of nitrogens with one attached hydrogen (secondary N) is 1. The van der Waals surface area contributed by atoms with E-state index in [1.165, 1.54) is 0 Å². The average molecular weight is 364 g/mol. The normalized spacial score (nSPS) is 16.8. The van der Waals surface area contributed by atoms with Crippen LogP contribution in [0.15, 0.2) is 35.2 Å². The fraction of sp³-hybridized carbons (Fsp3) is 0.389. The Labute approximate surface area is 155 Å². The zero-order valence-corrected chi connectivity index (χ0v) is 15.3. The number of rotatable bonds is 3. The Balaban J connectivity index is 1.62. The lowest BCUT2D eigenvalue weighted by molar-refractivity contribution is 0.172. The lowest BCUT2D eigenvalue weighted by Gasteiger charge is -2.34. The first-order valence-corrected chi connectivity index (χ1v) is 9.05. The van der Waals surface area contributed by atoms with Gasteiger partial charge in [-0.2, -0.15) is 15.2 Å². The van der Waals surface area contributed by atoms with Gasteiger partial charge < -0.3 is 9.84 Å². The quantitative estimate of drug-likeness (QED) is 0.591. The number of aromatic nitrogens is 7. The molecule has 0 amide bonds. The highest BCUT2D eigenvalue weighted by molar-refractivity contribution is 5.72. The molecule has 1 fully saturated rings. The van der Waals surface area contributed by atoms with Crippen molar-refractivity contribution in [3.05, 3.63) is 48.0 Å². The van der Waals surface area contributed by atoms with E-state index in [4.69, 9.17) is 9.51 Å². The van der Waals surface area contributed by atoms with Gasteiger partial charge in [-0.15, -0.1) is 0 Å². The van der Waals surface area contributed by atoms with Crippen LogP contribution in [0.2, 0.25) is 0 Å². The first-order chi connectivity index (χ1) is 13.2. The predicted molar refractivity (Wildman–Crippen MR) is 97.2 cm³/mol. The van der Waals surface area contributed by atoms with Gasteiger partial charge in [-0.3, -0.25) is 4.68 Å². The van der Waals surface area contributed by atoms with Crippen LogP contribution in [0.3, 0.4) is 0 Å². The van der Waals surface area contributed by atoms with Crippen LogP contribution in [0.1, 0.15) is 30.1 Å². The molecule has 0 radical (unpaired) electrons. The van der Waals surface area contributed by atoms with Crippen molar-refractivity contribution in [2.75, 3.05) is 13.1 Å². The van der Waals surface area contributed by atoms with Crippen LogP contribution in [0.5, 0.6) is 0 Å². The lowest BCUT2D eigenvalue weighted by atomic mass is 9.88. The van der Waals surface area contributed by atoms with Crippen LogP contribution in [0.25, 0.3) is 17.0 Å². The summed E-state index contributed by atoms with van der Waals surface area (Å²) in [5, 5.41) is 16.5. The maximum absolute atomic E-state index is 5.75. The summed E-state index contributed by atoms with van der Waals surface area (Å²) in [4.78, 5) is 9.37. The van der Waals surface area contributed by atoms with E-state index in [2.05, 4.69) is 25.7 Å². The molecular weight excluding hydrogens is 344 g/mol. The molecule has 1 saturated heterocycles. The zero-order valence-electron chi connectivity index (χ0n) is 15.3. The van der Waals surface area contributed by atoms with Crippen molar-refractivity contribution in [2.24, 2.45) is 0 Å². The van der Waals surface area contributed by atoms with Gasteiger partial charge in [0.2, 0.25) is 5.82 Å². The molecule has 0 bridgehead atoms. The summed E-state index contributed by atoms with van der Waals surface area (Å²) in [6.07, 6.45) is 7.15. The molecule has 0 saturated carbocycles. The van der Waals surface area contributed by atoms with Gasteiger partial charge in [-0.1, -0.05) is 5.16 Å². The largest absolute Gasteiger partial charge is 0.336 e. The third kappa shape index (κ3) is 2.46. The van der Waals surface area contributed by atoms with Gasteiger partial charge in [-0.05, 0) is 51.9 Å². The summed E-state index contributed by atoms with van der Waals surface area (Å²) in [6, 6.07) is 3.91. The van der Waals surface area contributed by atoms with E-state index >= 15 is 0 Å². The van der Waals surface area contributed by atoms with Crippen LogP contribution in [0.4, 0.5) is 0 Å². The molecule has 4 aromatic heterocycles. The van der Waals surface area contributed by atoms with Gasteiger partial charge in [0.1, 0.15) is 5.54 Å². The fourth-order valence-electron chi connectivity index (χ4n) is 3.85. The number of hydrogen-bond donors (Lipinski definition) is 1. The van der Waals surface area contributed by atoms with E-state index in [0.717, 1.165) is 48.5 Å². The molecule has 0 aromatic carbocycles. The molecule has 9 heteroatoms. The number of piperidine rings is 1. The smallest absolute Gasteiger partial charge is 0.255 e. The third-order valence-electron chi connectivity index (χ3n) is 5.22. The van der Waals surface area contributed by atoms with Crippen LogP contribution in [0, 0.1) is 13.8 Å². The Kier molecular flexibility index (Phi) is 3.57. The van der Waals surface area contributed by atoms with Crippen molar-refractivity contribution in [1.29, 1.82) is 0 Å². The fourth-order valence-corrected chi connectivity index (χ4v) is 3.85. The Morgan fingerprint density at radius 3 is 2.78 bits per heavy atom. The summed E-state index contributed by atoms with van der Waals surface area (Å²) in [6.45, 7) is 5.71. The van der Waals surface area contributed by atoms with Gasteiger partial charge in [0, 0.05) is 23.8 Å². The molecule has 0 unspecified atom stereocenters. The predicted octanol–water partition coefficient (Wildman–Crippen LogP) is 1.72. The molecule has 138 valence electrons. The number of hydrogen-bond acceptors (Lipinski definition) is 7. The molecule has 0 aliphatic carbocycles. The molecular formula is C18H20N8O. The third-order valence-corrected chi connectivity index (χ3v) is 5.22. The summed E-state index contributed by atoms with van der Waals surface area (Å²) in [5.74, 6) is 1.08. The van der Waals surface area contributed by atoms with Crippen molar-refractivity contribution >= 4 is 5.65 Å². The maximum atomic E-state index is 5.75. The molecule has 5 heterocycles. The average Bonchev–Trinajstić information content (AvgIpc) is 3.42. The molecule has 1 aliphatic heterocycles. The topological polar surface area (TPSA) is 99.0 Å². The molecule has 0 atom stereocenters. The highest BCUT2D eigenvalue weighted by atomic mass is 16.5. The summed E-state index contributed by atoms with van der Waals surface area (Å²) in [7, 11) is 0. The molecule has 1 N–H and O–H groups in total. The second-order valence-electron chi connectivity index (χ2n) is 6.99. The van der Waals surface area contributed by atoms with Gasteiger partial charge in [0.25, 0.3) is 5.89 Å². The van der Waals surface area contributed by atoms with E-state index in [-0.39, 0.29) is 0 Å². The van der Waals surface area contributed by atoms with Gasteiger partial charge in [0.15, 0.2) is 5.65 Å². The summed E-state index contributed by atoms with van der Waals surface area (Å²) >= 11 is 0. The van der Waals surface area contributed by atoms with Crippen molar-refractivity contribution in [2.45, 2.75) is 32.2 Å². The highest BCUT2D eigenvalue weighted by Crippen LogP contribution is 2.35. The minimum absolute atomic E-state index is 0.428. The zero-order chi connectivity index (χ0) is 18.4. The lowest BCUT2D eigenvalue weighted by Crippen LogP contribution is -2.45. The van der Waals surface area contributed by atoms with Crippen molar-refractivity contribution in [3.63, 3.8) is 0 Å². The van der Waals surface area contributed by atoms with E-state index in [1.54, 1.807) is 16.9 Å². The second kappa shape index (κ2) is 5.98. The number of nitrogens with zero attached hydrogens (tertiary/aromatic N) is 7. The molecule has 9 nitrogen and oxygen atoms in total. The Bertz CT molecular complexity index is 1090. The van der Waals surface area contributed by atoms with E-state index in [0.29, 0.717) is 11.7 Å². The Morgan fingerprint density at radius 1 is 1.15 bits per heavy atom. The van der Waals surface area contributed by atoms with Crippen molar-refractivity contribution in [3.8, 4) is 11.4 Å². The van der Waals surface area contributed by atoms with Crippen LogP contribution >= 0.6 is 0 Å². The van der Waals surface area contributed by atoms with Gasteiger partial charge in [-0.25, -0.2) is 9.50 Å². The molecule has 0 spiro atoms. The minimum Gasteiger partial charge on any atom is -0.336 e. The van der Waals surface area contributed by atoms with Crippen LogP contribution in [-0.4, -0.2) is 47.6 Å². The number of aryl methyl sites for hydroxylation is 2. The van der Waals surface area contributed by atoms with Gasteiger partial charge >= 0.3 is 0 Å². The van der Waals surface area contributed by atoms with E-state index in [9.17, 15) is 0 Å². The number of fused-ring (bicyclic) bond motifs is 1. The minimum atomic E-state index is -0.428. The van der Waals surface area contributed by atoms with Crippen LogP contribution in [-0.2, 0) is 5.54 Å². The summed E-state index contributed by atoms with van der Waals surface area (Å²) < 4.78 is 9.49. The Morgan fingerprint density at radius 2 is 2.00 bits per heavy atom. The maximum Gasteiger partial charge on any atom is 0.255 e. The monoisotopic (exact) mass is 364 g/mol. The second-order valence-corrected chi connectivity index (χ2v) is 6.99. The summed E-state index contributed by atoms with van der Waals surface area (Å²) in [5.41, 5.74) is 3.01. The van der Waals surface area contributed by atoms with E-state index in [1.807, 2.05) is 36.9 Å². The highest BCUT2D eigenvalue weighted by Gasteiger charge is 2.42. The molecule has 27 heavy (non-hydrogen) atoms. The first kappa shape index (κ1) is 16.1. The van der Waals surface area contributed by atoms with Crippen molar-refractivity contribution in [1.82, 2.24) is 39.8 Å². The molecule has 5 rings (SSSR count). The molecule has 4 aromatic rings. The molecule has 1 aliphatic rings. The van der Waals surface area contributed by atoms with Gasteiger partial charge in [0.05, 0.1) is 11.8 Å². The van der Waals surface area contributed by atoms with Crippen LogP contribution < -0.4 is 5.32 Å². The SMILES string of the molecule is Cc1cc(C)n2ncc(-c3noc(C4(n5cccn5)CCNCC4)n3)c2n1. The first-order valence-electron chi connectivity index (χ1n) is 9.05. The van der Waals surface area contributed by atoms with Crippen molar-refractivity contribution < 1.29 is 4.52 Å². The standard InChI is InChI=1S/C18H20N8O/c1-12-10-13(2)26-16(22-12)14(11-21-26)15-23-17(27-24-15)18(4-7-19-8-5-18)25-9-3-6-20-25/h3,6,9-11,19H,4-5,7-8H2,1-2H3.